The van der Waals surface area contributed by atoms with Gasteiger partial charge in [0.05, 0.1) is 18.9 Å². The smallest absolute Gasteiger partial charge is 0.333 e. The van der Waals surface area contributed by atoms with Gasteiger partial charge in [0, 0.05) is 21.8 Å². The second-order valence-electron chi connectivity index (χ2n) is 7.72. The average molecular weight is 469 g/mol. The van der Waals surface area contributed by atoms with Crippen LogP contribution in [0.3, 0.4) is 0 Å². The number of rotatable bonds is 8. The molecule has 0 spiro atoms. The van der Waals surface area contributed by atoms with Gasteiger partial charge in [0.1, 0.15) is 0 Å². The van der Waals surface area contributed by atoms with Crippen molar-refractivity contribution in [3.05, 3.63) is 137 Å². The summed E-state index contributed by atoms with van der Waals surface area (Å²) < 4.78 is 5.24. The quantitative estimate of drug-likeness (QED) is 0.235. The highest BCUT2D eigenvalue weighted by molar-refractivity contribution is 6.30. The molecule has 0 bridgehead atoms. The molecular formula is C29H25ClN2O2. The van der Waals surface area contributed by atoms with Gasteiger partial charge in [-0.25, -0.2) is 4.79 Å². The number of esters is 1. The number of carbonyl (C=O) groups excluding carboxylic acids is 1. The highest BCUT2D eigenvalue weighted by Gasteiger charge is 2.31. The molecule has 0 saturated heterocycles. The molecule has 34 heavy (non-hydrogen) atoms. The lowest BCUT2D eigenvalue weighted by Crippen LogP contribution is -2.33. The van der Waals surface area contributed by atoms with Crippen LogP contribution in [0, 0.1) is 0 Å². The van der Waals surface area contributed by atoms with Gasteiger partial charge in [-0.2, -0.15) is 0 Å². The highest BCUT2D eigenvalue weighted by atomic mass is 35.5. The summed E-state index contributed by atoms with van der Waals surface area (Å²) in [4.78, 5) is 18.2. The molecule has 1 N–H and O–H groups in total. The number of aliphatic imine (C=N–C) groups is 1. The number of hydrogen-bond donors (Lipinski definition) is 1. The van der Waals surface area contributed by atoms with Crippen LogP contribution in [0.2, 0.25) is 5.02 Å². The molecule has 0 saturated carbocycles. The van der Waals surface area contributed by atoms with E-state index in [1.807, 2.05) is 115 Å². The van der Waals surface area contributed by atoms with Gasteiger partial charge in [0.2, 0.25) is 0 Å². The van der Waals surface area contributed by atoms with E-state index >= 15 is 0 Å². The Kier molecular flexibility index (Phi) is 7.74. The third kappa shape index (κ3) is 5.72. The molecule has 0 heterocycles. The number of nitrogens with one attached hydrogen (secondary N) is 1. The summed E-state index contributed by atoms with van der Waals surface area (Å²) >= 11 is 6.08. The molecular weight excluding hydrogens is 444 g/mol. The third-order valence-electron chi connectivity index (χ3n) is 5.45. The van der Waals surface area contributed by atoms with Gasteiger partial charge in [-0.3, -0.25) is 4.99 Å². The Hall–Kier alpha value is -3.89. The van der Waals surface area contributed by atoms with Gasteiger partial charge in [0.25, 0.3) is 0 Å². The predicted octanol–water partition coefficient (Wildman–Crippen LogP) is 6.57. The van der Waals surface area contributed by atoms with Crippen LogP contribution in [-0.4, -0.2) is 24.8 Å². The number of carbonyl (C=O) groups is 1. The molecule has 0 radical (unpaired) electrons. The summed E-state index contributed by atoms with van der Waals surface area (Å²) in [5.74, 6) is -0.431. The van der Waals surface area contributed by atoms with Crippen molar-refractivity contribution in [2.75, 3.05) is 12.4 Å². The first-order valence-electron chi connectivity index (χ1n) is 11.0. The maximum Gasteiger partial charge on any atom is 0.333 e. The lowest BCUT2D eigenvalue weighted by Gasteiger charge is -2.26. The number of methoxy groups -OCH3 is 1. The molecule has 170 valence electrons. The van der Waals surface area contributed by atoms with Crippen LogP contribution in [0.15, 0.2) is 120 Å². The Morgan fingerprint density at radius 2 is 1.26 bits per heavy atom. The van der Waals surface area contributed by atoms with E-state index in [2.05, 4.69) is 5.32 Å². The van der Waals surface area contributed by atoms with Gasteiger partial charge in [-0.15, -0.1) is 0 Å². The molecule has 2 atom stereocenters. The van der Waals surface area contributed by atoms with E-state index < -0.39 is 18.1 Å². The van der Waals surface area contributed by atoms with Crippen LogP contribution < -0.4 is 5.32 Å². The van der Waals surface area contributed by atoms with E-state index in [0.29, 0.717) is 5.02 Å². The molecule has 4 aromatic rings. The SMILES string of the molecule is COC(=O)[C@@H](N=C(c1ccccc1)c1ccccc1)[C@H](Nc1ccc(Cl)cc1)c1ccccc1. The molecule has 0 fully saturated rings. The topological polar surface area (TPSA) is 50.7 Å². The van der Waals surface area contributed by atoms with Crippen molar-refractivity contribution in [1.82, 2.24) is 0 Å². The van der Waals surface area contributed by atoms with Crippen LogP contribution in [0.4, 0.5) is 5.69 Å². The van der Waals surface area contributed by atoms with Crippen molar-refractivity contribution in [2.45, 2.75) is 12.1 Å². The van der Waals surface area contributed by atoms with Gasteiger partial charge in [-0.05, 0) is 29.8 Å². The monoisotopic (exact) mass is 468 g/mol. The highest BCUT2D eigenvalue weighted by Crippen LogP contribution is 2.28. The molecule has 4 nitrogen and oxygen atoms in total. The van der Waals surface area contributed by atoms with Crippen LogP contribution in [-0.2, 0) is 9.53 Å². The summed E-state index contributed by atoms with van der Waals surface area (Å²) in [6, 6.07) is 35.6. The van der Waals surface area contributed by atoms with Crippen molar-refractivity contribution in [1.29, 1.82) is 0 Å². The van der Waals surface area contributed by atoms with Crippen LogP contribution in [0.25, 0.3) is 0 Å². The molecule has 4 rings (SSSR count). The summed E-state index contributed by atoms with van der Waals surface area (Å²) in [5.41, 5.74) is 4.29. The minimum atomic E-state index is -0.849. The second-order valence-corrected chi connectivity index (χ2v) is 8.15. The number of nitrogens with zero attached hydrogens (tertiary/aromatic N) is 1. The van der Waals surface area contributed by atoms with E-state index in [9.17, 15) is 4.79 Å². The first kappa shape index (κ1) is 23.3. The minimum absolute atomic E-state index is 0.431. The lowest BCUT2D eigenvalue weighted by atomic mass is 9.97. The first-order valence-corrected chi connectivity index (χ1v) is 11.4. The Morgan fingerprint density at radius 3 is 1.76 bits per heavy atom. The summed E-state index contributed by atoms with van der Waals surface area (Å²) in [6.07, 6.45) is 0. The number of anilines is 1. The fourth-order valence-electron chi connectivity index (χ4n) is 3.76. The van der Waals surface area contributed by atoms with E-state index in [1.165, 1.54) is 7.11 Å². The van der Waals surface area contributed by atoms with Gasteiger partial charge in [0.15, 0.2) is 6.04 Å². The van der Waals surface area contributed by atoms with E-state index in [4.69, 9.17) is 21.3 Å². The maximum absolute atomic E-state index is 13.2. The Labute approximate surface area is 204 Å². The van der Waals surface area contributed by atoms with Crippen LogP contribution >= 0.6 is 11.6 Å². The largest absolute Gasteiger partial charge is 0.467 e. The van der Waals surface area contributed by atoms with Crippen molar-refractivity contribution in [3.63, 3.8) is 0 Å². The average Bonchev–Trinajstić information content (AvgIpc) is 2.90. The fraction of sp³-hybridized carbons (Fsp3) is 0.103. The zero-order valence-corrected chi connectivity index (χ0v) is 19.5. The summed E-state index contributed by atoms with van der Waals surface area (Å²) in [6.45, 7) is 0. The van der Waals surface area contributed by atoms with Gasteiger partial charge < -0.3 is 10.1 Å². The summed E-state index contributed by atoms with van der Waals surface area (Å²) in [5, 5.41) is 4.12. The second kappa shape index (κ2) is 11.3. The fourth-order valence-corrected chi connectivity index (χ4v) is 3.89. The molecule has 0 amide bonds. The standard InChI is InChI=1S/C29H25ClN2O2/c1-34-29(33)28(32-26(21-11-5-2-6-12-21)22-13-7-3-8-14-22)27(23-15-9-4-10-16-23)31-25-19-17-24(30)18-20-25/h2-20,27-28,31H,1H3/t27-,28+/m1/s1. The zero-order chi connectivity index (χ0) is 23.8. The van der Waals surface area contributed by atoms with Crippen LogP contribution in [0.1, 0.15) is 22.7 Å². The van der Waals surface area contributed by atoms with Crippen molar-refractivity contribution in [2.24, 2.45) is 4.99 Å². The van der Waals surface area contributed by atoms with Crippen molar-refractivity contribution >= 4 is 29.0 Å². The Morgan fingerprint density at radius 1 is 0.765 bits per heavy atom. The Balaban J connectivity index is 1.85. The number of benzene rings is 4. The molecule has 0 aliphatic rings. The minimum Gasteiger partial charge on any atom is -0.467 e. The number of halogens is 1. The van der Waals surface area contributed by atoms with Crippen molar-refractivity contribution in [3.8, 4) is 0 Å². The van der Waals surface area contributed by atoms with Crippen LogP contribution in [0.5, 0.6) is 0 Å². The lowest BCUT2D eigenvalue weighted by molar-refractivity contribution is -0.142. The zero-order valence-electron chi connectivity index (χ0n) is 18.8. The molecule has 0 aliphatic carbocycles. The molecule has 5 heteroatoms. The molecule has 0 aliphatic heterocycles. The predicted molar refractivity (Wildman–Crippen MR) is 139 cm³/mol. The third-order valence-corrected chi connectivity index (χ3v) is 5.70. The number of ether oxygens (including phenoxy) is 1. The Bertz CT molecular complexity index is 1190. The molecule has 0 unspecified atom stereocenters. The number of hydrogen-bond acceptors (Lipinski definition) is 4. The maximum atomic E-state index is 13.2. The van der Waals surface area contributed by atoms with Crippen molar-refractivity contribution < 1.29 is 9.53 Å². The first-order chi connectivity index (χ1) is 16.7. The summed E-state index contributed by atoms with van der Waals surface area (Å²) in [7, 11) is 1.39. The van der Waals surface area contributed by atoms with E-state index in [1.54, 1.807) is 0 Å². The molecule has 4 aromatic carbocycles. The normalized spacial score (nSPS) is 12.3. The molecule has 0 aromatic heterocycles. The van der Waals surface area contributed by atoms with Gasteiger partial charge in [-0.1, -0.05) is 103 Å². The van der Waals surface area contributed by atoms with E-state index in [-0.39, 0.29) is 0 Å². The van der Waals surface area contributed by atoms with E-state index in [0.717, 1.165) is 28.1 Å². The van der Waals surface area contributed by atoms with Gasteiger partial charge >= 0.3 is 5.97 Å².